The van der Waals surface area contributed by atoms with Gasteiger partial charge in [-0.05, 0) is 50.5 Å². The second kappa shape index (κ2) is 6.89. The van der Waals surface area contributed by atoms with Gasteiger partial charge in [0.25, 0.3) is 5.91 Å². The summed E-state index contributed by atoms with van der Waals surface area (Å²) >= 11 is 0. The molecule has 0 aromatic heterocycles. The van der Waals surface area contributed by atoms with E-state index in [9.17, 15) is 9.59 Å². The van der Waals surface area contributed by atoms with Gasteiger partial charge in [-0.1, -0.05) is 0 Å². The number of likely N-dealkylation sites (tertiary alicyclic amines) is 1. The van der Waals surface area contributed by atoms with Crippen LogP contribution in [-0.4, -0.2) is 36.0 Å². The van der Waals surface area contributed by atoms with Crippen molar-refractivity contribution in [2.75, 3.05) is 13.1 Å². The second-order valence-electron chi connectivity index (χ2n) is 5.12. The Labute approximate surface area is 124 Å². The maximum Gasteiger partial charge on any atom is 0.338 e. The molecule has 1 aromatic carbocycles. The number of benzene rings is 1. The first-order chi connectivity index (χ1) is 10.1. The summed E-state index contributed by atoms with van der Waals surface area (Å²) in [6.45, 7) is 3.06. The molecule has 0 bridgehead atoms. The largest absolute Gasteiger partial charge is 0.449 e. The van der Waals surface area contributed by atoms with Crippen LogP contribution in [0.3, 0.4) is 0 Å². The molecule has 0 spiro atoms. The first-order valence-corrected chi connectivity index (χ1v) is 7.12. The zero-order chi connectivity index (χ0) is 15.2. The molecule has 2 rings (SSSR count). The molecule has 1 fully saturated rings. The van der Waals surface area contributed by atoms with Crippen LogP contribution in [0.2, 0.25) is 0 Å². The van der Waals surface area contributed by atoms with Gasteiger partial charge in [0.05, 0.1) is 17.2 Å². The number of hydrogen-bond donors (Lipinski definition) is 0. The summed E-state index contributed by atoms with van der Waals surface area (Å²) in [4.78, 5) is 25.9. The predicted octanol–water partition coefficient (Wildman–Crippen LogP) is 2.12. The Balaban J connectivity index is 1.94. The molecule has 1 saturated heterocycles. The first-order valence-electron chi connectivity index (χ1n) is 7.12. The molecule has 1 aromatic rings. The van der Waals surface area contributed by atoms with E-state index in [1.54, 1.807) is 24.0 Å². The lowest BCUT2D eigenvalue weighted by atomic mass is 10.1. The molecule has 1 heterocycles. The summed E-state index contributed by atoms with van der Waals surface area (Å²) in [5.74, 6) is -0.686. The van der Waals surface area contributed by atoms with Gasteiger partial charge in [0.15, 0.2) is 6.10 Å². The Morgan fingerprint density at radius 1 is 1.19 bits per heavy atom. The van der Waals surface area contributed by atoms with Gasteiger partial charge in [-0.25, -0.2) is 4.79 Å². The van der Waals surface area contributed by atoms with E-state index >= 15 is 0 Å². The topological polar surface area (TPSA) is 70.4 Å². The van der Waals surface area contributed by atoms with Crippen LogP contribution in [0, 0.1) is 11.3 Å². The third kappa shape index (κ3) is 3.82. The Morgan fingerprint density at radius 2 is 1.81 bits per heavy atom. The van der Waals surface area contributed by atoms with Gasteiger partial charge in [-0.2, -0.15) is 5.26 Å². The molecule has 5 nitrogen and oxygen atoms in total. The number of carbonyl (C=O) groups is 2. The maximum absolute atomic E-state index is 12.2. The van der Waals surface area contributed by atoms with Crippen LogP contribution in [0.5, 0.6) is 0 Å². The Morgan fingerprint density at radius 3 is 2.38 bits per heavy atom. The highest BCUT2D eigenvalue weighted by Gasteiger charge is 2.25. The van der Waals surface area contributed by atoms with E-state index in [4.69, 9.17) is 10.00 Å². The zero-order valence-electron chi connectivity index (χ0n) is 12.0. The van der Waals surface area contributed by atoms with E-state index in [-0.39, 0.29) is 5.91 Å². The number of hydrogen-bond acceptors (Lipinski definition) is 4. The van der Waals surface area contributed by atoms with Crippen molar-refractivity contribution in [3.05, 3.63) is 35.4 Å². The fraction of sp³-hybridized carbons (Fsp3) is 0.438. The highest BCUT2D eigenvalue weighted by atomic mass is 16.5. The molecule has 21 heavy (non-hydrogen) atoms. The van der Waals surface area contributed by atoms with Crippen molar-refractivity contribution in [3.63, 3.8) is 0 Å². The molecule has 0 aliphatic carbocycles. The Hall–Kier alpha value is -2.35. The van der Waals surface area contributed by atoms with Gasteiger partial charge in [-0.3, -0.25) is 4.79 Å². The van der Waals surface area contributed by atoms with Gasteiger partial charge < -0.3 is 9.64 Å². The standard InChI is InChI=1S/C16H18N2O3/c1-12(15(19)18-9-3-2-4-10-18)21-16(20)14-7-5-13(11-17)6-8-14/h5-8,12H,2-4,9-10H2,1H3/t12-/m0/s1. The summed E-state index contributed by atoms with van der Waals surface area (Å²) in [6, 6.07) is 8.13. The van der Waals surface area contributed by atoms with Gasteiger partial charge in [0.1, 0.15) is 0 Å². The Bertz CT molecular complexity index is 554. The lowest BCUT2D eigenvalue weighted by Crippen LogP contribution is -2.42. The van der Waals surface area contributed by atoms with E-state index < -0.39 is 12.1 Å². The predicted molar refractivity (Wildman–Crippen MR) is 76.5 cm³/mol. The normalized spacial score (nSPS) is 15.9. The molecule has 0 unspecified atom stereocenters. The summed E-state index contributed by atoms with van der Waals surface area (Å²) in [5, 5.41) is 8.71. The smallest absolute Gasteiger partial charge is 0.338 e. The van der Waals surface area contributed by atoms with Crippen LogP contribution in [0.25, 0.3) is 0 Å². The van der Waals surface area contributed by atoms with Crippen molar-refractivity contribution in [1.29, 1.82) is 5.26 Å². The maximum atomic E-state index is 12.2. The molecule has 0 radical (unpaired) electrons. The van der Waals surface area contributed by atoms with Crippen LogP contribution >= 0.6 is 0 Å². The lowest BCUT2D eigenvalue weighted by Gasteiger charge is -2.28. The van der Waals surface area contributed by atoms with Crippen LogP contribution < -0.4 is 0 Å². The Kier molecular flexibility index (Phi) is 4.94. The third-order valence-corrected chi connectivity index (χ3v) is 3.55. The van der Waals surface area contributed by atoms with E-state index in [1.165, 1.54) is 12.1 Å². The van der Waals surface area contributed by atoms with Crippen molar-refractivity contribution < 1.29 is 14.3 Å². The quantitative estimate of drug-likeness (QED) is 0.798. The minimum atomic E-state index is -0.786. The molecule has 0 N–H and O–H groups in total. The van der Waals surface area contributed by atoms with Gasteiger partial charge in [0, 0.05) is 13.1 Å². The number of carbonyl (C=O) groups excluding carboxylic acids is 2. The molecule has 0 saturated carbocycles. The van der Waals surface area contributed by atoms with Gasteiger partial charge in [0.2, 0.25) is 0 Å². The molecule has 1 atom stereocenters. The van der Waals surface area contributed by atoms with E-state index in [2.05, 4.69) is 0 Å². The molecular weight excluding hydrogens is 268 g/mol. The number of rotatable bonds is 3. The molecule has 1 aliphatic rings. The highest BCUT2D eigenvalue weighted by Crippen LogP contribution is 2.12. The van der Waals surface area contributed by atoms with E-state index in [0.717, 1.165) is 32.4 Å². The van der Waals surface area contributed by atoms with E-state index in [1.807, 2.05) is 6.07 Å². The molecule has 1 amide bonds. The number of nitriles is 1. The third-order valence-electron chi connectivity index (χ3n) is 3.55. The van der Waals surface area contributed by atoms with E-state index in [0.29, 0.717) is 11.1 Å². The summed E-state index contributed by atoms with van der Waals surface area (Å²) < 4.78 is 5.21. The first kappa shape index (κ1) is 15.0. The molecular formula is C16H18N2O3. The zero-order valence-corrected chi connectivity index (χ0v) is 12.0. The van der Waals surface area contributed by atoms with Crippen LogP contribution in [0.1, 0.15) is 42.1 Å². The van der Waals surface area contributed by atoms with Gasteiger partial charge in [-0.15, -0.1) is 0 Å². The monoisotopic (exact) mass is 286 g/mol. The van der Waals surface area contributed by atoms with Crippen LogP contribution in [0.4, 0.5) is 0 Å². The fourth-order valence-electron chi connectivity index (χ4n) is 2.33. The van der Waals surface area contributed by atoms with Gasteiger partial charge >= 0.3 is 5.97 Å². The molecule has 1 aliphatic heterocycles. The minimum absolute atomic E-state index is 0.142. The molecule has 5 heteroatoms. The van der Waals surface area contributed by atoms with Crippen molar-refractivity contribution >= 4 is 11.9 Å². The SMILES string of the molecule is C[C@H](OC(=O)c1ccc(C#N)cc1)C(=O)N1CCCCC1. The van der Waals surface area contributed by atoms with Crippen molar-refractivity contribution in [3.8, 4) is 6.07 Å². The minimum Gasteiger partial charge on any atom is -0.449 e. The summed E-state index contributed by atoms with van der Waals surface area (Å²) in [7, 11) is 0. The number of esters is 1. The fourth-order valence-corrected chi connectivity index (χ4v) is 2.33. The van der Waals surface area contributed by atoms with Crippen LogP contribution in [0.15, 0.2) is 24.3 Å². The number of ether oxygens (including phenoxy) is 1. The van der Waals surface area contributed by atoms with Crippen molar-refractivity contribution in [2.45, 2.75) is 32.3 Å². The average molecular weight is 286 g/mol. The summed E-state index contributed by atoms with van der Waals surface area (Å²) in [5.41, 5.74) is 0.816. The highest BCUT2D eigenvalue weighted by molar-refractivity contribution is 5.92. The summed E-state index contributed by atoms with van der Waals surface area (Å²) in [6.07, 6.45) is 2.36. The number of piperidine rings is 1. The van der Waals surface area contributed by atoms with Crippen molar-refractivity contribution in [2.24, 2.45) is 0 Å². The second-order valence-corrected chi connectivity index (χ2v) is 5.12. The van der Waals surface area contributed by atoms with Crippen LogP contribution in [-0.2, 0) is 9.53 Å². The number of nitrogens with zero attached hydrogens (tertiary/aromatic N) is 2. The number of amides is 1. The van der Waals surface area contributed by atoms with Crippen molar-refractivity contribution in [1.82, 2.24) is 4.90 Å². The lowest BCUT2D eigenvalue weighted by molar-refractivity contribution is -0.140. The average Bonchev–Trinajstić information content (AvgIpc) is 2.55. The molecule has 110 valence electrons.